The molecule has 0 bridgehead atoms. The maximum atomic E-state index is 5.63. The maximum Gasteiger partial charge on any atom is 0.231 e. The topological polar surface area (TPSA) is 38.2 Å². The zero-order valence-electron chi connectivity index (χ0n) is 15.7. The summed E-state index contributed by atoms with van der Waals surface area (Å²) in [5.74, 6) is 1.72. The SMILES string of the molecule is CCc1cccc(NC(=S)N2CC[NH+](Cc3ccc4c(c3)OCO4)CC2)c1. The van der Waals surface area contributed by atoms with Gasteiger partial charge in [-0.1, -0.05) is 19.1 Å². The highest BCUT2D eigenvalue weighted by Gasteiger charge is 2.23. The number of rotatable bonds is 4. The molecule has 0 saturated carbocycles. The van der Waals surface area contributed by atoms with Gasteiger partial charge in [-0.3, -0.25) is 0 Å². The lowest BCUT2D eigenvalue weighted by atomic mass is 10.1. The minimum absolute atomic E-state index is 0.329. The van der Waals surface area contributed by atoms with Crippen molar-refractivity contribution < 1.29 is 14.4 Å². The number of thiocarbonyl (C=S) groups is 1. The zero-order valence-corrected chi connectivity index (χ0v) is 16.5. The molecule has 0 atom stereocenters. The fourth-order valence-electron chi connectivity index (χ4n) is 3.61. The number of fused-ring (bicyclic) bond motifs is 1. The summed E-state index contributed by atoms with van der Waals surface area (Å²) < 4.78 is 10.9. The Hall–Kier alpha value is -2.31. The summed E-state index contributed by atoms with van der Waals surface area (Å²) in [5, 5.41) is 4.22. The van der Waals surface area contributed by atoms with Gasteiger partial charge in [-0.25, -0.2) is 0 Å². The third kappa shape index (κ3) is 4.34. The predicted molar refractivity (Wildman–Crippen MR) is 111 cm³/mol. The van der Waals surface area contributed by atoms with Crippen molar-refractivity contribution in [3.63, 3.8) is 0 Å². The third-order valence-electron chi connectivity index (χ3n) is 5.24. The normalized spacial score (nSPS) is 16.4. The van der Waals surface area contributed by atoms with Crippen molar-refractivity contribution in [2.24, 2.45) is 0 Å². The summed E-state index contributed by atoms with van der Waals surface area (Å²) in [6.07, 6.45) is 1.03. The predicted octanol–water partition coefficient (Wildman–Crippen LogP) is 2.08. The van der Waals surface area contributed by atoms with Gasteiger partial charge in [0.15, 0.2) is 16.6 Å². The second kappa shape index (κ2) is 8.15. The smallest absolute Gasteiger partial charge is 0.231 e. The van der Waals surface area contributed by atoms with E-state index in [2.05, 4.69) is 53.5 Å². The molecule has 2 heterocycles. The Balaban J connectivity index is 1.28. The van der Waals surface area contributed by atoms with Gasteiger partial charge in [-0.2, -0.15) is 0 Å². The second-order valence-corrected chi connectivity index (χ2v) is 7.47. The fourth-order valence-corrected chi connectivity index (χ4v) is 3.91. The minimum Gasteiger partial charge on any atom is -0.454 e. The average Bonchev–Trinajstić information content (AvgIpc) is 3.16. The lowest BCUT2D eigenvalue weighted by Gasteiger charge is -2.34. The number of ether oxygens (including phenoxy) is 2. The van der Waals surface area contributed by atoms with Crippen LogP contribution in [0.3, 0.4) is 0 Å². The molecule has 5 nitrogen and oxygen atoms in total. The number of hydrogen-bond donors (Lipinski definition) is 2. The molecule has 0 amide bonds. The van der Waals surface area contributed by atoms with Gasteiger partial charge in [-0.15, -0.1) is 0 Å². The first-order chi connectivity index (χ1) is 13.2. The quantitative estimate of drug-likeness (QED) is 0.790. The summed E-state index contributed by atoms with van der Waals surface area (Å²) in [6.45, 7) is 7.59. The number of piperazine rings is 1. The van der Waals surface area contributed by atoms with Crippen LogP contribution in [-0.4, -0.2) is 43.0 Å². The largest absolute Gasteiger partial charge is 0.454 e. The van der Waals surface area contributed by atoms with Crippen molar-refractivity contribution in [3.8, 4) is 11.5 Å². The molecule has 2 aliphatic heterocycles. The van der Waals surface area contributed by atoms with Gasteiger partial charge in [0.1, 0.15) is 6.54 Å². The van der Waals surface area contributed by atoms with Gasteiger partial charge in [0.2, 0.25) is 6.79 Å². The molecule has 0 spiro atoms. The molecular formula is C21H26N3O2S+. The lowest BCUT2D eigenvalue weighted by molar-refractivity contribution is -0.917. The number of aryl methyl sites for hydroxylation is 1. The molecule has 0 unspecified atom stereocenters. The molecule has 0 radical (unpaired) electrons. The number of benzene rings is 2. The molecule has 2 aromatic rings. The maximum absolute atomic E-state index is 5.63. The van der Waals surface area contributed by atoms with Crippen molar-refractivity contribution in [1.82, 2.24) is 4.90 Å². The van der Waals surface area contributed by atoms with Crippen LogP contribution in [0.5, 0.6) is 11.5 Å². The van der Waals surface area contributed by atoms with E-state index in [0.717, 1.165) is 61.4 Å². The molecule has 0 aromatic heterocycles. The van der Waals surface area contributed by atoms with Gasteiger partial charge in [0, 0.05) is 11.3 Å². The first-order valence-corrected chi connectivity index (χ1v) is 9.99. The number of nitrogens with one attached hydrogen (secondary N) is 2. The molecular weight excluding hydrogens is 358 g/mol. The summed E-state index contributed by atoms with van der Waals surface area (Å²) >= 11 is 5.63. The van der Waals surface area contributed by atoms with Crippen molar-refractivity contribution in [2.45, 2.75) is 19.9 Å². The molecule has 142 valence electrons. The van der Waals surface area contributed by atoms with Crippen LogP contribution in [0.4, 0.5) is 5.69 Å². The van der Waals surface area contributed by atoms with E-state index in [0.29, 0.717) is 6.79 Å². The Morgan fingerprint density at radius 3 is 2.70 bits per heavy atom. The van der Waals surface area contributed by atoms with Gasteiger partial charge in [-0.05, 0) is 54.5 Å². The van der Waals surface area contributed by atoms with Crippen molar-refractivity contribution >= 4 is 23.0 Å². The van der Waals surface area contributed by atoms with Crippen molar-refractivity contribution in [1.29, 1.82) is 0 Å². The van der Waals surface area contributed by atoms with Crippen LogP contribution >= 0.6 is 12.2 Å². The number of nitrogens with zero attached hydrogens (tertiary/aromatic N) is 1. The van der Waals surface area contributed by atoms with Crippen LogP contribution in [0.25, 0.3) is 0 Å². The Labute approximate surface area is 165 Å². The minimum atomic E-state index is 0.329. The van der Waals surface area contributed by atoms with E-state index in [1.807, 2.05) is 6.07 Å². The van der Waals surface area contributed by atoms with Crippen LogP contribution in [-0.2, 0) is 13.0 Å². The van der Waals surface area contributed by atoms with Crippen molar-refractivity contribution in [2.75, 3.05) is 38.3 Å². The lowest BCUT2D eigenvalue weighted by Crippen LogP contribution is -3.13. The van der Waals surface area contributed by atoms with E-state index in [1.54, 1.807) is 4.90 Å². The first kappa shape index (κ1) is 18.1. The molecule has 1 saturated heterocycles. The van der Waals surface area contributed by atoms with Crippen molar-refractivity contribution in [3.05, 3.63) is 53.6 Å². The molecule has 2 aliphatic rings. The highest BCUT2D eigenvalue weighted by molar-refractivity contribution is 7.80. The van der Waals surface area contributed by atoms with E-state index >= 15 is 0 Å². The Bertz CT molecular complexity index is 819. The molecule has 4 rings (SSSR count). The molecule has 6 heteroatoms. The molecule has 0 aliphatic carbocycles. The Morgan fingerprint density at radius 1 is 1.07 bits per heavy atom. The summed E-state index contributed by atoms with van der Waals surface area (Å²) in [5.41, 5.74) is 3.69. The van der Waals surface area contributed by atoms with E-state index in [9.17, 15) is 0 Å². The van der Waals surface area contributed by atoms with Gasteiger partial charge >= 0.3 is 0 Å². The highest BCUT2D eigenvalue weighted by atomic mass is 32.1. The Morgan fingerprint density at radius 2 is 1.89 bits per heavy atom. The Kier molecular flexibility index (Phi) is 5.45. The first-order valence-electron chi connectivity index (χ1n) is 9.58. The fraction of sp³-hybridized carbons (Fsp3) is 0.381. The monoisotopic (exact) mass is 384 g/mol. The second-order valence-electron chi connectivity index (χ2n) is 7.09. The van der Waals surface area contributed by atoms with Crippen LogP contribution in [0.1, 0.15) is 18.1 Å². The van der Waals surface area contributed by atoms with Crippen LogP contribution < -0.4 is 19.7 Å². The summed E-state index contributed by atoms with van der Waals surface area (Å²) in [4.78, 5) is 3.85. The highest BCUT2D eigenvalue weighted by Crippen LogP contribution is 2.32. The van der Waals surface area contributed by atoms with Crippen LogP contribution in [0.15, 0.2) is 42.5 Å². The number of anilines is 1. The van der Waals surface area contributed by atoms with Crippen LogP contribution in [0, 0.1) is 0 Å². The molecule has 1 fully saturated rings. The van der Waals surface area contributed by atoms with Crippen LogP contribution in [0.2, 0.25) is 0 Å². The number of quaternary nitrogens is 1. The van der Waals surface area contributed by atoms with Gasteiger partial charge < -0.3 is 24.6 Å². The summed E-state index contributed by atoms with van der Waals surface area (Å²) in [7, 11) is 0. The molecule has 27 heavy (non-hydrogen) atoms. The average molecular weight is 385 g/mol. The molecule has 2 aromatic carbocycles. The van der Waals surface area contributed by atoms with E-state index in [1.165, 1.54) is 11.1 Å². The number of hydrogen-bond acceptors (Lipinski definition) is 3. The van der Waals surface area contributed by atoms with Gasteiger partial charge in [0.05, 0.1) is 26.2 Å². The van der Waals surface area contributed by atoms with Gasteiger partial charge in [0.25, 0.3) is 0 Å². The van der Waals surface area contributed by atoms with E-state index in [-0.39, 0.29) is 0 Å². The zero-order chi connectivity index (χ0) is 18.6. The summed E-state index contributed by atoms with van der Waals surface area (Å²) in [6, 6.07) is 14.7. The standard InChI is InChI=1S/C21H25N3O2S/c1-2-16-4-3-5-18(12-16)22-21(27)24-10-8-23(9-11-24)14-17-6-7-19-20(13-17)26-15-25-19/h3-7,12-13H,2,8-11,14-15H2,1H3,(H,22,27)/p+1. The third-order valence-corrected chi connectivity index (χ3v) is 5.60. The molecule has 2 N–H and O–H groups in total. The van der Waals surface area contributed by atoms with E-state index < -0.39 is 0 Å². The van der Waals surface area contributed by atoms with E-state index in [4.69, 9.17) is 21.7 Å².